The first-order chi connectivity index (χ1) is 13.7. The summed E-state index contributed by atoms with van der Waals surface area (Å²) in [5, 5.41) is 19.0. The summed E-state index contributed by atoms with van der Waals surface area (Å²) in [6, 6.07) is 11.0. The number of carbonyl (C=O) groups is 1. The molecule has 3 aromatic rings. The molecule has 0 spiro atoms. The van der Waals surface area contributed by atoms with E-state index in [1.165, 1.54) is 0 Å². The van der Waals surface area contributed by atoms with Crippen LogP contribution in [0.2, 0.25) is 0 Å². The van der Waals surface area contributed by atoms with E-state index in [2.05, 4.69) is 15.4 Å². The van der Waals surface area contributed by atoms with E-state index in [-0.39, 0.29) is 12.3 Å². The Balaban J connectivity index is 1.68. The lowest BCUT2D eigenvalue weighted by atomic mass is 9.97. The molecule has 2 N–H and O–H groups in total. The number of hydrogen-bond donors (Lipinski definition) is 2. The van der Waals surface area contributed by atoms with E-state index in [0.717, 1.165) is 16.5 Å². The molecule has 1 aromatic carbocycles. The lowest BCUT2D eigenvalue weighted by Gasteiger charge is -2.25. The molecule has 2 atom stereocenters. The van der Waals surface area contributed by atoms with Gasteiger partial charge in [0.05, 0.1) is 37.1 Å². The van der Waals surface area contributed by atoms with Crippen molar-refractivity contribution < 1.29 is 14.6 Å². The highest BCUT2D eigenvalue weighted by Gasteiger charge is 2.24. The molecule has 3 heterocycles. The van der Waals surface area contributed by atoms with Gasteiger partial charge in [-0.2, -0.15) is 5.10 Å². The first kappa shape index (κ1) is 18.4. The number of aryl methyl sites for hydroxylation is 1. The minimum Gasteiger partial charge on any atom is -0.476 e. The highest BCUT2D eigenvalue weighted by atomic mass is 16.5. The number of nitrogens with one attached hydrogen (secondary N) is 1. The molecule has 0 saturated carbocycles. The largest absolute Gasteiger partial charge is 0.476 e. The quantitative estimate of drug-likeness (QED) is 0.713. The fraction of sp³-hybridized carbons (Fsp3) is 0.381. The van der Waals surface area contributed by atoms with Crippen LogP contribution in [0.4, 0.5) is 0 Å². The zero-order valence-corrected chi connectivity index (χ0v) is 15.8. The molecule has 1 aliphatic rings. The van der Waals surface area contributed by atoms with Crippen LogP contribution in [-0.2, 0) is 17.8 Å². The number of amides is 1. The van der Waals surface area contributed by atoms with Gasteiger partial charge < -0.3 is 15.2 Å². The molecular formula is C21H24N4O3. The molecule has 1 aliphatic heterocycles. The van der Waals surface area contributed by atoms with Gasteiger partial charge in [-0.3, -0.25) is 9.48 Å². The Morgan fingerprint density at radius 2 is 2.14 bits per heavy atom. The number of hydrogen-bond acceptors (Lipinski definition) is 5. The van der Waals surface area contributed by atoms with Crippen molar-refractivity contribution in [2.45, 2.75) is 44.9 Å². The minimum absolute atomic E-state index is 0.111. The summed E-state index contributed by atoms with van der Waals surface area (Å²) in [4.78, 5) is 17.3. The molecule has 1 amide bonds. The van der Waals surface area contributed by atoms with Gasteiger partial charge >= 0.3 is 0 Å². The first-order valence-electron chi connectivity index (χ1n) is 9.66. The van der Waals surface area contributed by atoms with E-state index in [0.29, 0.717) is 37.6 Å². The molecule has 0 unspecified atom stereocenters. The summed E-state index contributed by atoms with van der Waals surface area (Å²) in [6.45, 7) is 3.15. The number of pyridine rings is 1. The van der Waals surface area contributed by atoms with E-state index >= 15 is 0 Å². The van der Waals surface area contributed by atoms with Crippen molar-refractivity contribution in [2.75, 3.05) is 6.61 Å². The SMILES string of the molecule is CCn1ncc2cc3nc(c21)OCCC[C@@H](O)[C@H](c1ccccc1)NC(=O)C3. The lowest BCUT2D eigenvalue weighted by molar-refractivity contribution is -0.122. The number of benzene rings is 1. The van der Waals surface area contributed by atoms with Crippen LogP contribution in [0.1, 0.15) is 37.1 Å². The van der Waals surface area contributed by atoms with E-state index < -0.39 is 12.1 Å². The Kier molecular flexibility index (Phi) is 5.25. The van der Waals surface area contributed by atoms with Crippen LogP contribution >= 0.6 is 0 Å². The van der Waals surface area contributed by atoms with Crippen molar-refractivity contribution in [3.63, 3.8) is 0 Å². The molecular weight excluding hydrogens is 356 g/mol. The Morgan fingerprint density at radius 3 is 2.93 bits per heavy atom. The van der Waals surface area contributed by atoms with Crippen molar-refractivity contribution in [2.24, 2.45) is 0 Å². The molecule has 2 aromatic heterocycles. The van der Waals surface area contributed by atoms with E-state index in [1.54, 1.807) is 6.20 Å². The standard InChI is InChI=1S/C21H24N4O3/c1-2-25-20-15(13-22-25)11-16-12-18(27)24-19(14-7-4-3-5-8-14)17(26)9-6-10-28-21(20)23-16/h3-5,7-8,11,13,17,19,26H,2,6,9-10,12H2,1H3,(H,24,27)/t17-,19+/m1/s1. The van der Waals surface area contributed by atoms with E-state index in [4.69, 9.17) is 4.74 Å². The van der Waals surface area contributed by atoms with Crippen LogP contribution in [0.5, 0.6) is 5.88 Å². The third-order valence-corrected chi connectivity index (χ3v) is 5.02. The van der Waals surface area contributed by atoms with Crippen molar-refractivity contribution in [1.29, 1.82) is 0 Å². The molecule has 7 heteroatoms. The van der Waals surface area contributed by atoms with Crippen LogP contribution in [0.3, 0.4) is 0 Å². The van der Waals surface area contributed by atoms with Gasteiger partial charge in [0.1, 0.15) is 5.52 Å². The summed E-state index contributed by atoms with van der Waals surface area (Å²) < 4.78 is 7.78. The maximum absolute atomic E-state index is 12.7. The van der Waals surface area contributed by atoms with Gasteiger partial charge in [0, 0.05) is 11.9 Å². The number of ether oxygens (including phenoxy) is 1. The number of nitrogens with zero attached hydrogens (tertiary/aromatic N) is 3. The molecule has 2 bridgehead atoms. The molecule has 0 saturated heterocycles. The smallest absolute Gasteiger partial charge is 0.240 e. The Bertz CT molecular complexity index is 970. The number of aromatic nitrogens is 3. The van der Waals surface area contributed by atoms with E-state index in [1.807, 2.05) is 48.0 Å². The summed E-state index contributed by atoms with van der Waals surface area (Å²) in [5.74, 6) is 0.309. The maximum atomic E-state index is 12.7. The molecule has 146 valence electrons. The molecule has 0 radical (unpaired) electrons. The predicted octanol–water partition coefficient (Wildman–Crippen LogP) is 2.38. The Hall–Kier alpha value is -2.93. The second-order valence-corrected chi connectivity index (χ2v) is 7.01. The normalized spacial score (nSPS) is 20.7. The van der Waals surface area contributed by atoms with Crippen LogP contribution < -0.4 is 10.1 Å². The van der Waals surface area contributed by atoms with Crippen LogP contribution in [-0.4, -0.2) is 38.5 Å². The molecule has 4 rings (SSSR count). The highest BCUT2D eigenvalue weighted by Crippen LogP contribution is 2.27. The van der Waals surface area contributed by atoms with Gasteiger partial charge in [0.25, 0.3) is 0 Å². The minimum atomic E-state index is -0.693. The van der Waals surface area contributed by atoms with Crippen molar-refractivity contribution in [3.05, 3.63) is 53.9 Å². The Labute approximate surface area is 163 Å². The summed E-state index contributed by atoms with van der Waals surface area (Å²) in [6.07, 6.45) is 2.35. The third kappa shape index (κ3) is 3.71. The van der Waals surface area contributed by atoms with Crippen molar-refractivity contribution in [3.8, 4) is 5.88 Å². The number of aliphatic hydroxyl groups is 1. The van der Waals surface area contributed by atoms with Gasteiger partial charge in [-0.1, -0.05) is 30.3 Å². The van der Waals surface area contributed by atoms with E-state index in [9.17, 15) is 9.90 Å². The number of rotatable bonds is 2. The maximum Gasteiger partial charge on any atom is 0.240 e. The number of fused-ring (bicyclic) bond motifs is 4. The summed E-state index contributed by atoms with van der Waals surface area (Å²) in [7, 11) is 0. The number of aliphatic hydroxyl groups excluding tert-OH is 1. The van der Waals surface area contributed by atoms with Crippen LogP contribution in [0.15, 0.2) is 42.6 Å². The fourth-order valence-electron chi connectivity index (χ4n) is 3.64. The topological polar surface area (TPSA) is 89.3 Å². The molecule has 7 nitrogen and oxygen atoms in total. The van der Waals surface area contributed by atoms with Crippen molar-refractivity contribution in [1.82, 2.24) is 20.1 Å². The van der Waals surface area contributed by atoms with Crippen LogP contribution in [0.25, 0.3) is 10.9 Å². The predicted molar refractivity (Wildman–Crippen MR) is 105 cm³/mol. The van der Waals surface area contributed by atoms with Crippen molar-refractivity contribution >= 4 is 16.8 Å². The van der Waals surface area contributed by atoms with Crippen LogP contribution in [0, 0.1) is 0 Å². The fourth-order valence-corrected chi connectivity index (χ4v) is 3.64. The average Bonchev–Trinajstić information content (AvgIpc) is 3.12. The zero-order chi connectivity index (χ0) is 19.5. The number of carbonyl (C=O) groups excluding carboxylic acids is 1. The second kappa shape index (κ2) is 7.98. The van der Waals surface area contributed by atoms with Gasteiger partial charge in [-0.25, -0.2) is 4.98 Å². The molecule has 28 heavy (non-hydrogen) atoms. The zero-order valence-electron chi connectivity index (χ0n) is 15.8. The Morgan fingerprint density at radius 1 is 1.32 bits per heavy atom. The molecule has 0 fully saturated rings. The van der Waals surface area contributed by atoms with Gasteiger partial charge in [-0.05, 0) is 31.4 Å². The highest BCUT2D eigenvalue weighted by molar-refractivity contribution is 5.85. The summed E-state index contributed by atoms with van der Waals surface area (Å²) >= 11 is 0. The molecule has 0 aliphatic carbocycles. The lowest BCUT2D eigenvalue weighted by Crippen LogP contribution is -2.37. The second-order valence-electron chi connectivity index (χ2n) is 7.01. The van der Waals surface area contributed by atoms with Gasteiger partial charge in [0.2, 0.25) is 11.8 Å². The third-order valence-electron chi connectivity index (χ3n) is 5.02. The van der Waals surface area contributed by atoms with Gasteiger partial charge in [-0.15, -0.1) is 0 Å². The average molecular weight is 380 g/mol. The summed E-state index contributed by atoms with van der Waals surface area (Å²) in [5.41, 5.74) is 2.35. The monoisotopic (exact) mass is 380 g/mol. The first-order valence-corrected chi connectivity index (χ1v) is 9.66. The van der Waals surface area contributed by atoms with Gasteiger partial charge in [0.15, 0.2) is 0 Å².